The highest BCUT2D eigenvalue weighted by Crippen LogP contribution is 2.49. The Morgan fingerprint density at radius 2 is 1.40 bits per heavy atom. The van der Waals surface area contributed by atoms with E-state index in [1.54, 1.807) is 0 Å². The number of hydrogen-bond acceptors (Lipinski definition) is 3. The van der Waals surface area contributed by atoms with Crippen molar-refractivity contribution in [3.05, 3.63) is 187 Å². The molecule has 0 atom stereocenters. The van der Waals surface area contributed by atoms with Crippen molar-refractivity contribution >= 4 is 71.7 Å². The lowest BCUT2D eigenvalue weighted by Crippen LogP contribution is -2.13. The fourth-order valence-electron chi connectivity index (χ4n) is 8.35. The summed E-state index contributed by atoms with van der Waals surface area (Å²) in [6, 6.07) is 48.0. The van der Waals surface area contributed by atoms with Crippen LogP contribution in [0.3, 0.4) is 0 Å². The minimum Gasteiger partial charge on any atom is -0.279 e. The van der Waals surface area contributed by atoms with Crippen LogP contribution in [0.5, 0.6) is 0 Å². The Morgan fingerprint density at radius 3 is 2.23 bits per heavy atom. The molecule has 0 saturated heterocycles. The molecule has 8 aromatic rings. The summed E-state index contributed by atoms with van der Waals surface area (Å²) in [5.41, 5.74) is 9.80. The summed E-state index contributed by atoms with van der Waals surface area (Å²) >= 11 is 0. The maximum absolute atomic E-state index is 5.16. The number of fused-ring (bicyclic) bond motifs is 7. The molecule has 2 aromatic heterocycles. The summed E-state index contributed by atoms with van der Waals surface area (Å²) in [6.45, 7) is 0. The van der Waals surface area contributed by atoms with E-state index in [9.17, 15) is 0 Å². The SMILES string of the molecule is C1=CCCC(c2cc(C3=CCCC=C3)c(-c3ccccc3)c3c4ccc(N(c5ccccn5)c5ccc6ccccc6n5)cc4c4ccccc4c23)=C1. The van der Waals surface area contributed by atoms with Gasteiger partial charge in [-0.3, -0.25) is 4.90 Å². The predicted molar refractivity (Wildman–Crippen MR) is 225 cm³/mol. The standard InChI is InChI=1S/C50H37N3/c1-4-16-34(17-5-1)42-33-43(35-18-6-2-7-19-35)49-40-24-12-11-23-39(40)44-32-38(28-29-41(44)50(49)48(42)37-21-8-3-9-22-37)53(46-26-14-15-31-51-46)47-30-27-36-20-10-13-25-45(36)52-47/h2-4,6,8-18,20-33H,1,5,7,19H2. The predicted octanol–water partition coefficient (Wildman–Crippen LogP) is 13.7. The third kappa shape index (κ3) is 5.44. The number of aromatic nitrogens is 2. The lowest BCUT2D eigenvalue weighted by atomic mass is 9.79. The van der Waals surface area contributed by atoms with Gasteiger partial charge in [-0.2, -0.15) is 0 Å². The van der Waals surface area contributed by atoms with E-state index in [1.807, 2.05) is 24.4 Å². The molecule has 6 aromatic carbocycles. The van der Waals surface area contributed by atoms with Gasteiger partial charge in [-0.15, -0.1) is 0 Å². The summed E-state index contributed by atoms with van der Waals surface area (Å²) < 4.78 is 0. The Labute approximate surface area is 309 Å². The molecular formula is C50H37N3. The molecule has 3 nitrogen and oxygen atoms in total. The zero-order valence-electron chi connectivity index (χ0n) is 29.4. The minimum atomic E-state index is 0.822. The van der Waals surface area contributed by atoms with Gasteiger partial charge in [0, 0.05) is 17.3 Å². The number of allylic oxidation sites excluding steroid dienone is 8. The topological polar surface area (TPSA) is 29.0 Å². The van der Waals surface area contributed by atoms with E-state index >= 15 is 0 Å². The molecule has 0 spiro atoms. The van der Waals surface area contributed by atoms with Gasteiger partial charge in [0.1, 0.15) is 11.6 Å². The van der Waals surface area contributed by atoms with Crippen molar-refractivity contribution in [2.45, 2.75) is 25.7 Å². The highest BCUT2D eigenvalue weighted by atomic mass is 15.2. The van der Waals surface area contributed by atoms with Crippen LogP contribution >= 0.6 is 0 Å². The van der Waals surface area contributed by atoms with Crippen LogP contribution in [0.1, 0.15) is 36.8 Å². The molecule has 252 valence electrons. The summed E-state index contributed by atoms with van der Waals surface area (Å²) in [4.78, 5) is 12.2. The molecule has 0 saturated carbocycles. The van der Waals surface area contributed by atoms with Gasteiger partial charge in [0.25, 0.3) is 0 Å². The molecule has 0 fully saturated rings. The van der Waals surface area contributed by atoms with Crippen LogP contribution in [0.15, 0.2) is 176 Å². The summed E-state index contributed by atoms with van der Waals surface area (Å²) in [6.07, 6.45) is 20.0. The van der Waals surface area contributed by atoms with Crippen molar-refractivity contribution in [1.29, 1.82) is 0 Å². The van der Waals surface area contributed by atoms with Crippen molar-refractivity contribution in [3.63, 3.8) is 0 Å². The third-order valence-corrected chi connectivity index (χ3v) is 10.8. The summed E-state index contributed by atoms with van der Waals surface area (Å²) in [7, 11) is 0. The quantitative estimate of drug-likeness (QED) is 0.164. The first-order valence-corrected chi connectivity index (χ1v) is 18.6. The second kappa shape index (κ2) is 13.2. The fraction of sp³-hybridized carbons (Fsp3) is 0.0800. The number of para-hydroxylation sites is 1. The van der Waals surface area contributed by atoms with E-state index in [1.165, 1.54) is 65.7 Å². The first-order valence-electron chi connectivity index (χ1n) is 18.6. The van der Waals surface area contributed by atoms with Gasteiger partial charge in [0.2, 0.25) is 0 Å². The maximum Gasteiger partial charge on any atom is 0.139 e. The first-order chi connectivity index (χ1) is 26.3. The van der Waals surface area contributed by atoms with Gasteiger partial charge in [-0.05, 0) is 140 Å². The molecule has 10 rings (SSSR count). The molecule has 0 bridgehead atoms. The number of benzene rings is 6. The normalized spacial score (nSPS) is 14.2. The van der Waals surface area contributed by atoms with Crippen LogP contribution in [0.4, 0.5) is 17.3 Å². The number of rotatable bonds is 6. The van der Waals surface area contributed by atoms with Gasteiger partial charge < -0.3 is 0 Å². The molecule has 0 aliphatic heterocycles. The third-order valence-electron chi connectivity index (χ3n) is 10.8. The van der Waals surface area contributed by atoms with Crippen molar-refractivity contribution < 1.29 is 0 Å². The molecular weight excluding hydrogens is 643 g/mol. The van der Waals surface area contributed by atoms with Crippen LogP contribution in [0.2, 0.25) is 0 Å². The zero-order chi connectivity index (χ0) is 35.1. The van der Waals surface area contributed by atoms with Crippen LogP contribution in [-0.2, 0) is 0 Å². The molecule has 2 aliphatic carbocycles. The van der Waals surface area contributed by atoms with Crippen molar-refractivity contribution in [1.82, 2.24) is 9.97 Å². The Bertz CT molecular complexity index is 2830. The lowest BCUT2D eigenvalue weighted by Gasteiger charge is -2.26. The number of pyridine rings is 2. The Hall–Kier alpha value is -6.58. The second-order valence-corrected chi connectivity index (χ2v) is 13.9. The molecule has 2 aliphatic rings. The van der Waals surface area contributed by atoms with E-state index in [0.717, 1.165) is 53.9 Å². The van der Waals surface area contributed by atoms with Crippen molar-refractivity contribution in [2.24, 2.45) is 0 Å². The van der Waals surface area contributed by atoms with Crippen LogP contribution in [0, 0.1) is 0 Å². The van der Waals surface area contributed by atoms with E-state index < -0.39 is 0 Å². The highest BCUT2D eigenvalue weighted by Gasteiger charge is 2.24. The monoisotopic (exact) mass is 679 g/mol. The Morgan fingerprint density at radius 1 is 0.566 bits per heavy atom. The average molecular weight is 680 g/mol. The van der Waals surface area contributed by atoms with Crippen LogP contribution in [0.25, 0.3) is 65.5 Å². The van der Waals surface area contributed by atoms with Crippen molar-refractivity contribution in [2.75, 3.05) is 4.90 Å². The molecule has 53 heavy (non-hydrogen) atoms. The van der Waals surface area contributed by atoms with Gasteiger partial charge in [-0.25, -0.2) is 9.97 Å². The molecule has 3 heteroatoms. The van der Waals surface area contributed by atoms with E-state index in [2.05, 4.69) is 157 Å². The smallest absolute Gasteiger partial charge is 0.139 e. The molecule has 2 heterocycles. The first kappa shape index (κ1) is 31.2. The van der Waals surface area contributed by atoms with Crippen LogP contribution in [-0.4, -0.2) is 9.97 Å². The Balaban J connectivity index is 1.34. The summed E-state index contributed by atoms with van der Waals surface area (Å²) in [5, 5.41) is 8.68. The number of anilines is 3. The summed E-state index contributed by atoms with van der Waals surface area (Å²) in [5.74, 6) is 1.65. The highest BCUT2D eigenvalue weighted by molar-refractivity contribution is 6.31. The van der Waals surface area contributed by atoms with Crippen LogP contribution < -0.4 is 4.90 Å². The fourth-order valence-corrected chi connectivity index (χ4v) is 8.35. The lowest BCUT2D eigenvalue weighted by molar-refractivity contribution is 1.04. The molecule has 0 unspecified atom stereocenters. The zero-order valence-corrected chi connectivity index (χ0v) is 29.4. The van der Waals surface area contributed by atoms with E-state index in [4.69, 9.17) is 9.97 Å². The average Bonchev–Trinajstić information content (AvgIpc) is 3.24. The van der Waals surface area contributed by atoms with Gasteiger partial charge in [0.15, 0.2) is 0 Å². The molecule has 0 amide bonds. The number of hydrogen-bond donors (Lipinski definition) is 0. The van der Waals surface area contributed by atoms with Gasteiger partial charge in [0.05, 0.1) is 5.52 Å². The maximum atomic E-state index is 5.16. The van der Waals surface area contributed by atoms with Crippen molar-refractivity contribution in [3.8, 4) is 11.1 Å². The minimum absolute atomic E-state index is 0.822. The molecule has 0 N–H and O–H groups in total. The molecule has 0 radical (unpaired) electrons. The van der Waals surface area contributed by atoms with E-state index in [0.29, 0.717) is 0 Å². The number of nitrogens with zero attached hydrogens (tertiary/aromatic N) is 3. The largest absolute Gasteiger partial charge is 0.279 e. The van der Waals surface area contributed by atoms with Gasteiger partial charge in [-0.1, -0.05) is 121 Å². The second-order valence-electron chi connectivity index (χ2n) is 13.9. The van der Waals surface area contributed by atoms with E-state index in [-0.39, 0.29) is 0 Å². The van der Waals surface area contributed by atoms with Gasteiger partial charge >= 0.3 is 0 Å². The Kier molecular flexibility index (Phi) is 7.76.